The fourth-order valence-electron chi connectivity index (χ4n) is 1.04. The van der Waals surface area contributed by atoms with E-state index in [1.165, 1.54) is 18.2 Å². The lowest BCUT2D eigenvalue weighted by Crippen LogP contribution is -2.32. The first-order chi connectivity index (χ1) is 8.50. The molecule has 0 heterocycles. The van der Waals surface area contributed by atoms with Crippen molar-refractivity contribution in [1.82, 2.24) is 0 Å². The minimum absolute atomic E-state index is 0.114. The maximum Gasteiger partial charge on any atom is 0.397 e. The largest absolute Gasteiger partial charge is 0.504 e. The van der Waals surface area contributed by atoms with Crippen LogP contribution in [0.4, 0.5) is 0 Å². The van der Waals surface area contributed by atoms with Crippen LogP contribution in [0.25, 0.3) is 0 Å². The molecule has 0 aromatic heterocycles. The van der Waals surface area contributed by atoms with Gasteiger partial charge in [0.2, 0.25) is 0 Å². The number of benzene rings is 1. The Morgan fingerprint density at radius 1 is 1.26 bits per heavy atom. The number of aromatic hydroxyl groups is 2. The Kier molecular flexibility index (Phi) is 6.46. The first-order valence-corrected chi connectivity index (χ1v) is 6.52. The van der Waals surface area contributed by atoms with E-state index in [0.29, 0.717) is 5.56 Å². The summed E-state index contributed by atoms with van der Waals surface area (Å²) in [5.41, 5.74) is 9.88. The highest BCUT2D eigenvalue weighted by Gasteiger charge is 2.12. The third-order valence-corrected chi connectivity index (χ3v) is 1.81. The third-order valence-electron chi connectivity index (χ3n) is 1.81. The molecule has 10 heteroatoms. The summed E-state index contributed by atoms with van der Waals surface area (Å²) >= 11 is 0. The zero-order valence-corrected chi connectivity index (χ0v) is 10.6. The van der Waals surface area contributed by atoms with Crippen molar-refractivity contribution in [2.24, 2.45) is 11.2 Å². The molecule has 108 valence electrons. The minimum atomic E-state index is -4.14. The lowest BCUT2D eigenvalue weighted by molar-refractivity contribution is -0.138. The second kappa shape index (κ2) is 7.07. The third kappa shape index (κ3) is 9.00. The highest BCUT2D eigenvalue weighted by atomic mass is 31.2. The van der Waals surface area contributed by atoms with Crippen LogP contribution in [-0.2, 0) is 15.8 Å². The number of carboxylic acids is 1. The fraction of sp³-hybridized carbons (Fsp3) is 0.222. The summed E-state index contributed by atoms with van der Waals surface area (Å²) in [5, 5.41) is 26.6. The Bertz CT molecular complexity index is 479. The smallest absolute Gasteiger partial charge is 0.397 e. The minimum Gasteiger partial charge on any atom is -0.504 e. The average Bonchev–Trinajstić information content (AvgIpc) is 2.21. The van der Waals surface area contributed by atoms with Gasteiger partial charge in [-0.25, -0.2) is 10.1 Å². The van der Waals surface area contributed by atoms with E-state index < -0.39 is 19.8 Å². The topological polar surface area (TPSA) is 187 Å². The second-order valence-corrected chi connectivity index (χ2v) is 4.74. The standard InChI is InChI=1S/C9H11NO4.H4NO3P/c10-6(9(13)14)3-5-1-2-7(11)8(12)4-5;1-5(2,3)4/h1-2,4,6,11-12H,3,10H2,(H,13,14);(H4,1,2,3,4). The van der Waals surface area contributed by atoms with Crippen LogP contribution in [0.1, 0.15) is 5.56 Å². The van der Waals surface area contributed by atoms with Crippen molar-refractivity contribution in [2.45, 2.75) is 12.5 Å². The van der Waals surface area contributed by atoms with Crippen molar-refractivity contribution < 1.29 is 34.5 Å². The zero-order valence-electron chi connectivity index (χ0n) is 9.67. The molecule has 1 unspecified atom stereocenters. The average molecular weight is 294 g/mol. The van der Waals surface area contributed by atoms with Crippen LogP contribution < -0.4 is 11.2 Å². The molecule has 0 radical (unpaired) electrons. The van der Waals surface area contributed by atoms with Gasteiger partial charge >= 0.3 is 13.7 Å². The van der Waals surface area contributed by atoms with Crippen molar-refractivity contribution in [3.8, 4) is 11.5 Å². The van der Waals surface area contributed by atoms with E-state index in [-0.39, 0.29) is 17.9 Å². The van der Waals surface area contributed by atoms with E-state index in [1.54, 1.807) is 0 Å². The molecule has 0 aliphatic rings. The number of nitrogens with two attached hydrogens (primary N) is 2. The first-order valence-electron chi connectivity index (χ1n) is 4.84. The SMILES string of the molecule is NC(Cc1ccc(O)c(O)c1)C(=O)O.NP(=O)(O)O. The van der Waals surface area contributed by atoms with Crippen LogP contribution >= 0.6 is 7.75 Å². The van der Waals surface area contributed by atoms with Gasteiger partial charge in [0.05, 0.1) is 0 Å². The summed E-state index contributed by atoms with van der Waals surface area (Å²) in [6.07, 6.45) is 0.114. The number of carboxylic acid groups (broad SMARTS) is 1. The molecular weight excluding hydrogens is 279 g/mol. The van der Waals surface area contributed by atoms with Crippen LogP contribution in [-0.4, -0.2) is 37.1 Å². The molecular formula is C9H15N2O7P. The van der Waals surface area contributed by atoms with Gasteiger partial charge in [-0.15, -0.1) is 0 Å². The summed E-state index contributed by atoms with van der Waals surface area (Å²) in [5.74, 6) is -1.62. The Balaban J connectivity index is 0.000000555. The van der Waals surface area contributed by atoms with E-state index in [4.69, 9.17) is 35.4 Å². The van der Waals surface area contributed by atoms with E-state index in [0.717, 1.165) is 0 Å². The van der Waals surface area contributed by atoms with E-state index >= 15 is 0 Å². The summed E-state index contributed by atoms with van der Waals surface area (Å²) < 4.78 is 9.10. The van der Waals surface area contributed by atoms with Crippen LogP contribution in [0.15, 0.2) is 18.2 Å². The lowest BCUT2D eigenvalue weighted by Gasteiger charge is -2.06. The van der Waals surface area contributed by atoms with Gasteiger partial charge in [0.1, 0.15) is 6.04 Å². The molecule has 0 aliphatic carbocycles. The zero-order chi connectivity index (χ0) is 15.2. The van der Waals surface area contributed by atoms with Gasteiger partial charge in [-0.3, -0.25) is 4.79 Å². The Morgan fingerprint density at radius 3 is 2.11 bits per heavy atom. The van der Waals surface area contributed by atoms with Gasteiger partial charge in [0.15, 0.2) is 11.5 Å². The molecule has 19 heavy (non-hydrogen) atoms. The van der Waals surface area contributed by atoms with Crippen molar-refractivity contribution in [3.05, 3.63) is 23.8 Å². The first kappa shape index (κ1) is 17.4. The van der Waals surface area contributed by atoms with Crippen LogP contribution in [0.5, 0.6) is 11.5 Å². The molecule has 1 atom stereocenters. The van der Waals surface area contributed by atoms with Crippen molar-refractivity contribution in [3.63, 3.8) is 0 Å². The fourth-order valence-corrected chi connectivity index (χ4v) is 1.04. The van der Waals surface area contributed by atoms with Crippen LogP contribution in [0, 0.1) is 0 Å². The molecule has 0 aliphatic heterocycles. The predicted octanol–water partition coefficient (Wildman–Crippen LogP) is -0.910. The number of phenolic OH excluding ortho intramolecular Hbond substituents is 2. The number of phenols is 2. The van der Waals surface area contributed by atoms with E-state index in [9.17, 15) is 4.79 Å². The summed E-state index contributed by atoms with van der Waals surface area (Å²) in [6.45, 7) is 0. The van der Waals surface area contributed by atoms with Gasteiger partial charge < -0.3 is 30.8 Å². The van der Waals surface area contributed by atoms with Gasteiger partial charge in [0, 0.05) is 0 Å². The quantitative estimate of drug-likeness (QED) is 0.273. The number of rotatable bonds is 3. The summed E-state index contributed by atoms with van der Waals surface area (Å²) in [4.78, 5) is 25.2. The van der Waals surface area contributed by atoms with E-state index in [1.807, 2.05) is 0 Å². The Morgan fingerprint density at radius 2 is 1.74 bits per heavy atom. The maximum atomic E-state index is 10.4. The normalized spacial score (nSPS) is 12.2. The Hall–Kier alpha value is -1.64. The number of carbonyl (C=O) groups is 1. The highest BCUT2D eigenvalue weighted by Crippen LogP contribution is 2.25. The summed E-state index contributed by atoms with van der Waals surface area (Å²) in [6, 6.07) is 3.09. The van der Waals surface area contributed by atoms with Crippen LogP contribution in [0.3, 0.4) is 0 Å². The molecule has 0 spiro atoms. The molecule has 0 saturated heterocycles. The van der Waals surface area contributed by atoms with Crippen molar-refractivity contribution >= 4 is 13.7 Å². The summed E-state index contributed by atoms with van der Waals surface area (Å²) in [7, 11) is -4.14. The Labute approximate surface area is 108 Å². The molecule has 9 N–H and O–H groups in total. The molecule has 1 aromatic rings. The molecule has 0 bridgehead atoms. The van der Waals surface area contributed by atoms with Crippen molar-refractivity contribution in [1.29, 1.82) is 0 Å². The van der Waals surface area contributed by atoms with Crippen molar-refractivity contribution in [2.75, 3.05) is 0 Å². The number of hydrogen-bond donors (Lipinski definition) is 7. The van der Waals surface area contributed by atoms with Gasteiger partial charge in [-0.05, 0) is 24.1 Å². The monoisotopic (exact) mass is 294 g/mol. The highest BCUT2D eigenvalue weighted by molar-refractivity contribution is 7.49. The maximum absolute atomic E-state index is 10.4. The molecule has 9 nitrogen and oxygen atoms in total. The molecule has 0 fully saturated rings. The number of aliphatic carboxylic acids is 1. The molecule has 1 rings (SSSR count). The molecule has 0 amide bonds. The number of hydrogen-bond acceptors (Lipinski definition) is 5. The van der Waals surface area contributed by atoms with Crippen LogP contribution in [0.2, 0.25) is 0 Å². The van der Waals surface area contributed by atoms with Gasteiger partial charge in [-0.1, -0.05) is 6.07 Å². The van der Waals surface area contributed by atoms with E-state index in [2.05, 4.69) is 5.50 Å². The predicted molar refractivity (Wildman–Crippen MR) is 65.3 cm³/mol. The van der Waals surface area contributed by atoms with Gasteiger partial charge in [-0.2, -0.15) is 0 Å². The lowest BCUT2D eigenvalue weighted by atomic mass is 10.1. The molecule has 1 aromatic carbocycles. The second-order valence-electron chi connectivity index (χ2n) is 3.56. The molecule has 0 saturated carbocycles. The van der Waals surface area contributed by atoms with Gasteiger partial charge in [0.25, 0.3) is 0 Å².